The number of carbonyl (C=O) groups excluding carboxylic acids is 1. The Hall–Kier alpha value is -1.83. The highest BCUT2D eigenvalue weighted by Gasteiger charge is 2.08. The normalized spacial score (nSPS) is 9.83. The molecule has 0 fully saturated rings. The SMILES string of the molecule is CC.CC(C)C(=O)Nc1cccc2ccccc12. The summed E-state index contributed by atoms with van der Waals surface area (Å²) in [5.74, 6) is 0.0512. The van der Waals surface area contributed by atoms with E-state index < -0.39 is 0 Å². The monoisotopic (exact) mass is 243 g/mol. The Kier molecular flexibility index (Phi) is 5.37. The van der Waals surface area contributed by atoms with Gasteiger partial charge >= 0.3 is 0 Å². The Morgan fingerprint density at radius 3 is 2.28 bits per heavy atom. The average molecular weight is 243 g/mol. The quantitative estimate of drug-likeness (QED) is 0.829. The zero-order valence-corrected chi connectivity index (χ0v) is 11.5. The van der Waals surface area contributed by atoms with Crippen LogP contribution in [0.25, 0.3) is 10.8 Å². The maximum atomic E-state index is 11.6. The molecule has 1 amide bonds. The molecule has 0 atom stereocenters. The van der Waals surface area contributed by atoms with Gasteiger partial charge in [0.25, 0.3) is 0 Å². The molecular formula is C16H21NO. The number of fused-ring (bicyclic) bond motifs is 1. The zero-order valence-electron chi connectivity index (χ0n) is 11.5. The van der Waals surface area contributed by atoms with Crippen LogP contribution < -0.4 is 5.32 Å². The van der Waals surface area contributed by atoms with Crippen molar-refractivity contribution in [2.75, 3.05) is 5.32 Å². The standard InChI is InChI=1S/C14H15NO.C2H6/c1-10(2)14(16)15-13-9-5-7-11-6-3-4-8-12(11)13;1-2/h3-10H,1-2H3,(H,15,16);1-2H3. The molecule has 1 N–H and O–H groups in total. The van der Waals surface area contributed by atoms with Gasteiger partial charge in [0.2, 0.25) is 5.91 Å². The van der Waals surface area contributed by atoms with Crippen LogP contribution >= 0.6 is 0 Å². The molecule has 0 spiro atoms. The molecule has 2 nitrogen and oxygen atoms in total. The molecular weight excluding hydrogens is 222 g/mol. The van der Waals surface area contributed by atoms with Gasteiger partial charge in [-0.1, -0.05) is 64.1 Å². The molecule has 2 rings (SSSR count). The highest BCUT2D eigenvalue weighted by Crippen LogP contribution is 2.23. The van der Waals surface area contributed by atoms with E-state index in [2.05, 4.69) is 5.32 Å². The van der Waals surface area contributed by atoms with E-state index >= 15 is 0 Å². The van der Waals surface area contributed by atoms with E-state index in [0.717, 1.165) is 16.5 Å². The summed E-state index contributed by atoms with van der Waals surface area (Å²) in [4.78, 5) is 11.6. The van der Waals surface area contributed by atoms with Gasteiger partial charge in [-0.3, -0.25) is 4.79 Å². The summed E-state index contributed by atoms with van der Waals surface area (Å²) < 4.78 is 0. The van der Waals surface area contributed by atoms with E-state index in [-0.39, 0.29) is 11.8 Å². The minimum Gasteiger partial charge on any atom is -0.325 e. The van der Waals surface area contributed by atoms with Crippen molar-refractivity contribution in [3.63, 3.8) is 0 Å². The van der Waals surface area contributed by atoms with Crippen LogP contribution in [0, 0.1) is 5.92 Å². The summed E-state index contributed by atoms with van der Waals surface area (Å²) in [7, 11) is 0. The Morgan fingerprint density at radius 1 is 1.00 bits per heavy atom. The van der Waals surface area contributed by atoms with Gasteiger partial charge in [0.05, 0.1) is 0 Å². The lowest BCUT2D eigenvalue weighted by Gasteiger charge is -2.10. The molecule has 0 aliphatic rings. The van der Waals surface area contributed by atoms with Crippen LogP contribution in [0.3, 0.4) is 0 Å². The number of amides is 1. The minimum absolute atomic E-state index is 0.000955. The average Bonchev–Trinajstić information content (AvgIpc) is 2.41. The molecule has 0 aromatic heterocycles. The first kappa shape index (κ1) is 14.2. The third kappa shape index (κ3) is 3.33. The van der Waals surface area contributed by atoms with Crippen LogP contribution in [0.5, 0.6) is 0 Å². The summed E-state index contributed by atoms with van der Waals surface area (Å²) in [5, 5.41) is 5.17. The predicted molar refractivity (Wildman–Crippen MR) is 78.8 cm³/mol. The van der Waals surface area contributed by atoms with E-state index in [9.17, 15) is 4.79 Å². The largest absolute Gasteiger partial charge is 0.325 e. The Morgan fingerprint density at radius 2 is 1.61 bits per heavy atom. The topological polar surface area (TPSA) is 29.1 Å². The maximum Gasteiger partial charge on any atom is 0.226 e. The molecule has 2 aromatic carbocycles. The lowest BCUT2D eigenvalue weighted by Crippen LogP contribution is -2.17. The summed E-state index contributed by atoms with van der Waals surface area (Å²) in [6.07, 6.45) is 0. The third-order valence-electron chi connectivity index (χ3n) is 2.57. The van der Waals surface area contributed by atoms with Crippen molar-refractivity contribution in [2.24, 2.45) is 5.92 Å². The highest BCUT2D eigenvalue weighted by atomic mass is 16.1. The van der Waals surface area contributed by atoms with Crippen LogP contribution in [0.15, 0.2) is 42.5 Å². The van der Waals surface area contributed by atoms with Crippen LogP contribution in [0.2, 0.25) is 0 Å². The second kappa shape index (κ2) is 6.80. The maximum absolute atomic E-state index is 11.6. The van der Waals surface area contributed by atoms with Crippen molar-refractivity contribution < 1.29 is 4.79 Å². The summed E-state index contributed by atoms with van der Waals surface area (Å²) in [6, 6.07) is 14.0. The lowest BCUT2D eigenvalue weighted by atomic mass is 10.1. The van der Waals surface area contributed by atoms with Crippen LogP contribution in [-0.2, 0) is 4.79 Å². The molecule has 0 aliphatic carbocycles. The van der Waals surface area contributed by atoms with Gasteiger partial charge in [0, 0.05) is 17.0 Å². The molecule has 0 saturated heterocycles. The highest BCUT2D eigenvalue weighted by molar-refractivity contribution is 6.02. The fraction of sp³-hybridized carbons (Fsp3) is 0.312. The molecule has 96 valence electrons. The van der Waals surface area contributed by atoms with Crippen LogP contribution in [0.4, 0.5) is 5.69 Å². The van der Waals surface area contributed by atoms with Crippen LogP contribution in [-0.4, -0.2) is 5.91 Å². The van der Waals surface area contributed by atoms with Crippen molar-refractivity contribution in [1.82, 2.24) is 0 Å². The fourth-order valence-corrected chi connectivity index (χ4v) is 1.61. The van der Waals surface area contributed by atoms with E-state index in [1.54, 1.807) is 0 Å². The Balaban J connectivity index is 0.000000771. The zero-order chi connectivity index (χ0) is 13.5. The molecule has 2 aromatic rings. The lowest BCUT2D eigenvalue weighted by molar-refractivity contribution is -0.118. The molecule has 0 radical (unpaired) electrons. The van der Waals surface area contributed by atoms with E-state index in [1.165, 1.54) is 0 Å². The van der Waals surface area contributed by atoms with Crippen molar-refractivity contribution in [3.8, 4) is 0 Å². The van der Waals surface area contributed by atoms with E-state index in [0.29, 0.717) is 0 Å². The van der Waals surface area contributed by atoms with Crippen molar-refractivity contribution >= 4 is 22.4 Å². The summed E-state index contributed by atoms with van der Waals surface area (Å²) in [6.45, 7) is 7.78. The van der Waals surface area contributed by atoms with Crippen molar-refractivity contribution in [3.05, 3.63) is 42.5 Å². The summed E-state index contributed by atoms with van der Waals surface area (Å²) in [5.41, 5.74) is 0.886. The fourth-order valence-electron chi connectivity index (χ4n) is 1.61. The van der Waals surface area contributed by atoms with Crippen molar-refractivity contribution in [2.45, 2.75) is 27.7 Å². The summed E-state index contributed by atoms with van der Waals surface area (Å²) >= 11 is 0. The first-order valence-corrected chi connectivity index (χ1v) is 6.47. The molecule has 0 saturated carbocycles. The van der Waals surface area contributed by atoms with Gasteiger partial charge in [0.1, 0.15) is 0 Å². The van der Waals surface area contributed by atoms with Gasteiger partial charge in [-0.2, -0.15) is 0 Å². The Bertz CT molecular complexity index is 512. The smallest absolute Gasteiger partial charge is 0.226 e. The van der Waals surface area contributed by atoms with E-state index in [1.807, 2.05) is 70.2 Å². The van der Waals surface area contributed by atoms with Crippen molar-refractivity contribution in [1.29, 1.82) is 0 Å². The first-order chi connectivity index (χ1) is 8.68. The molecule has 18 heavy (non-hydrogen) atoms. The van der Waals surface area contributed by atoms with Gasteiger partial charge in [-0.05, 0) is 11.5 Å². The number of rotatable bonds is 2. The van der Waals surface area contributed by atoms with Gasteiger partial charge in [-0.25, -0.2) is 0 Å². The van der Waals surface area contributed by atoms with Crippen LogP contribution in [0.1, 0.15) is 27.7 Å². The molecule has 0 bridgehead atoms. The predicted octanol–water partition coefficient (Wildman–Crippen LogP) is 4.46. The number of carbonyl (C=O) groups is 1. The molecule has 2 heteroatoms. The van der Waals surface area contributed by atoms with Gasteiger partial charge < -0.3 is 5.32 Å². The second-order valence-electron chi connectivity index (χ2n) is 4.17. The second-order valence-corrected chi connectivity index (χ2v) is 4.17. The minimum atomic E-state index is -0.000955. The third-order valence-corrected chi connectivity index (χ3v) is 2.57. The van der Waals surface area contributed by atoms with E-state index in [4.69, 9.17) is 0 Å². The number of anilines is 1. The number of benzene rings is 2. The molecule has 0 aliphatic heterocycles. The van der Waals surface area contributed by atoms with Gasteiger partial charge in [-0.15, -0.1) is 0 Å². The van der Waals surface area contributed by atoms with Gasteiger partial charge in [0.15, 0.2) is 0 Å². The number of hydrogen-bond acceptors (Lipinski definition) is 1. The molecule has 0 heterocycles. The number of hydrogen-bond donors (Lipinski definition) is 1. The Labute approximate surface area is 109 Å². The first-order valence-electron chi connectivity index (χ1n) is 6.47. The molecule has 0 unspecified atom stereocenters. The number of nitrogens with one attached hydrogen (secondary N) is 1.